The molecule has 0 bridgehead atoms. The molecule has 1 aliphatic carbocycles. The van der Waals surface area contributed by atoms with Crippen molar-refractivity contribution in [2.24, 2.45) is 5.92 Å². The van der Waals surface area contributed by atoms with Crippen LogP contribution in [0.4, 0.5) is 0 Å². The number of nitrogens with zero attached hydrogens (tertiary/aromatic N) is 2. The van der Waals surface area contributed by atoms with Crippen molar-refractivity contribution in [2.45, 2.75) is 32.1 Å². The highest BCUT2D eigenvalue weighted by Crippen LogP contribution is 2.27. The number of thiophene rings is 1. The summed E-state index contributed by atoms with van der Waals surface area (Å²) in [6.45, 7) is 0. The van der Waals surface area contributed by atoms with Gasteiger partial charge in [-0.1, -0.05) is 18.9 Å². The fraction of sp³-hybridized carbons (Fsp3) is 0.375. The standard InChI is InChI=1S/C16H18N2OS/c19-16(12-13-4-1-2-5-13)18-10-9-14(17-18)7-8-15-6-3-11-20-15/h3,6-11,13H,1-2,4-5,12H2. The summed E-state index contributed by atoms with van der Waals surface area (Å²) in [6.07, 6.45) is 11.3. The average Bonchev–Trinajstić information content (AvgIpc) is 3.19. The molecule has 0 aromatic carbocycles. The molecule has 3 rings (SSSR count). The molecule has 0 spiro atoms. The summed E-state index contributed by atoms with van der Waals surface area (Å²) in [6, 6.07) is 5.97. The molecule has 2 aromatic heterocycles. The van der Waals surface area contributed by atoms with Gasteiger partial charge in [0.15, 0.2) is 0 Å². The van der Waals surface area contributed by atoms with Crippen LogP contribution in [-0.2, 0) is 0 Å². The van der Waals surface area contributed by atoms with Crippen molar-refractivity contribution in [2.75, 3.05) is 0 Å². The zero-order valence-corrected chi connectivity index (χ0v) is 12.2. The third-order valence-corrected chi connectivity index (χ3v) is 4.60. The number of carbonyl (C=O) groups is 1. The molecule has 0 saturated heterocycles. The van der Waals surface area contributed by atoms with Gasteiger partial charge in [0.2, 0.25) is 5.91 Å². The molecule has 0 amide bonds. The SMILES string of the molecule is O=C(CC1CCCC1)n1ccc(C=Cc2cccs2)n1. The highest BCUT2D eigenvalue weighted by molar-refractivity contribution is 7.10. The molecule has 104 valence electrons. The fourth-order valence-corrected chi connectivity index (χ4v) is 3.29. The van der Waals surface area contributed by atoms with Crippen LogP contribution < -0.4 is 0 Å². The lowest BCUT2D eigenvalue weighted by Crippen LogP contribution is -2.14. The molecule has 0 radical (unpaired) electrons. The van der Waals surface area contributed by atoms with E-state index in [9.17, 15) is 4.79 Å². The molecule has 0 aliphatic heterocycles. The molecule has 0 atom stereocenters. The van der Waals surface area contributed by atoms with E-state index in [-0.39, 0.29) is 5.91 Å². The Bertz CT molecular complexity index is 592. The lowest BCUT2D eigenvalue weighted by Gasteiger charge is -2.06. The first-order valence-corrected chi connectivity index (χ1v) is 8.00. The number of rotatable bonds is 4. The van der Waals surface area contributed by atoms with Gasteiger partial charge < -0.3 is 0 Å². The normalized spacial score (nSPS) is 16.2. The average molecular weight is 286 g/mol. The van der Waals surface area contributed by atoms with Crippen molar-refractivity contribution >= 4 is 29.4 Å². The maximum absolute atomic E-state index is 12.1. The predicted octanol–water partition coefficient (Wildman–Crippen LogP) is 4.34. The molecular formula is C16H18N2OS. The zero-order valence-electron chi connectivity index (χ0n) is 11.4. The molecule has 1 fully saturated rings. The van der Waals surface area contributed by atoms with Crippen LogP contribution in [0.2, 0.25) is 0 Å². The highest BCUT2D eigenvalue weighted by Gasteiger charge is 2.19. The van der Waals surface area contributed by atoms with E-state index in [2.05, 4.69) is 11.2 Å². The monoisotopic (exact) mass is 286 g/mol. The minimum Gasteiger partial charge on any atom is -0.273 e. The lowest BCUT2D eigenvalue weighted by molar-refractivity contribution is 0.0864. The first-order chi connectivity index (χ1) is 9.81. The summed E-state index contributed by atoms with van der Waals surface area (Å²) in [5, 5.41) is 6.38. The van der Waals surface area contributed by atoms with Crippen LogP contribution in [0.1, 0.15) is 47.5 Å². The van der Waals surface area contributed by atoms with Crippen LogP contribution in [0, 0.1) is 5.92 Å². The summed E-state index contributed by atoms with van der Waals surface area (Å²) in [5.41, 5.74) is 0.832. The molecular weight excluding hydrogens is 268 g/mol. The maximum atomic E-state index is 12.1. The molecule has 2 heterocycles. The minimum absolute atomic E-state index is 0.118. The topological polar surface area (TPSA) is 34.9 Å². The first kappa shape index (κ1) is 13.3. The summed E-state index contributed by atoms with van der Waals surface area (Å²) in [7, 11) is 0. The number of hydrogen-bond donors (Lipinski definition) is 0. The van der Waals surface area contributed by atoms with Gasteiger partial charge in [0.05, 0.1) is 5.69 Å². The van der Waals surface area contributed by atoms with E-state index in [0.29, 0.717) is 12.3 Å². The van der Waals surface area contributed by atoms with Gasteiger partial charge in [-0.3, -0.25) is 4.79 Å². The predicted molar refractivity (Wildman–Crippen MR) is 82.7 cm³/mol. The van der Waals surface area contributed by atoms with E-state index < -0.39 is 0 Å². The van der Waals surface area contributed by atoms with Gasteiger partial charge in [-0.25, -0.2) is 4.68 Å². The van der Waals surface area contributed by atoms with Crippen molar-refractivity contribution in [1.29, 1.82) is 0 Å². The van der Waals surface area contributed by atoms with Crippen LogP contribution in [0.5, 0.6) is 0 Å². The van der Waals surface area contributed by atoms with Crippen molar-refractivity contribution in [3.05, 3.63) is 40.3 Å². The Morgan fingerprint density at radius 1 is 1.35 bits per heavy atom. The van der Waals surface area contributed by atoms with Crippen molar-refractivity contribution < 1.29 is 4.79 Å². The van der Waals surface area contributed by atoms with E-state index >= 15 is 0 Å². The lowest BCUT2D eigenvalue weighted by atomic mass is 10.0. The second kappa shape index (κ2) is 6.18. The molecule has 2 aromatic rings. The van der Waals surface area contributed by atoms with Crippen LogP contribution >= 0.6 is 11.3 Å². The van der Waals surface area contributed by atoms with Gasteiger partial charge in [0, 0.05) is 17.5 Å². The number of hydrogen-bond acceptors (Lipinski definition) is 3. The Morgan fingerprint density at radius 3 is 2.95 bits per heavy atom. The van der Waals surface area contributed by atoms with Crippen molar-refractivity contribution in [3.8, 4) is 0 Å². The number of aromatic nitrogens is 2. The van der Waals surface area contributed by atoms with E-state index in [1.165, 1.54) is 35.2 Å². The van der Waals surface area contributed by atoms with Crippen LogP contribution in [-0.4, -0.2) is 15.7 Å². The van der Waals surface area contributed by atoms with Gasteiger partial charge in [0.25, 0.3) is 0 Å². The second-order valence-electron chi connectivity index (χ2n) is 5.28. The van der Waals surface area contributed by atoms with Gasteiger partial charge >= 0.3 is 0 Å². The van der Waals surface area contributed by atoms with Crippen molar-refractivity contribution in [3.63, 3.8) is 0 Å². The van der Waals surface area contributed by atoms with E-state index in [1.54, 1.807) is 17.5 Å². The molecule has 20 heavy (non-hydrogen) atoms. The highest BCUT2D eigenvalue weighted by atomic mass is 32.1. The third kappa shape index (κ3) is 3.25. The van der Waals surface area contributed by atoms with E-state index in [4.69, 9.17) is 0 Å². The molecule has 1 aliphatic rings. The van der Waals surface area contributed by atoms with Gasteiger partial charge in [-0.2, -0.15) is 5.10 Å². The summed E-state index contributed by atoms with van der Waals surface area (Å²) >= 11 is 1.69. The Balaban J connectivity index is 1.62. The van der Waals surface area contributed by atoms with Gasteiger partial charge in [-0.15, -0.1) is 11.3 Å². The van der Waals surface area contributed by atoms with Gasteiger partial charge in [0.1, 0.15) is 0 Å². The van der Waals surface area contributed by atoms with Gasteiger partial charge in [-0.05, 0) is 48.4 Å². The minimum atomic E-state index is 0.118. The Labute approximate surface area is 122 Å². The van der Waals surface area contributed by atoms with E-state index in [0.717, 1.165) is 5.69 Å². The molecule has 3 nitrogen and oxygen atoms in total. The van der Waals surface area contributed by atoms with Crippen molar-refractivity contribution in [1.82, 2.24) is 9.78 Å². The van der Waals surface area contributed by atoms with Crippen LogP contribution in [0.15, 0.2) is 29.8 Å². The Hall–Kier alpha value is -1.68. The van der Waals surface area contributed by atoms with Crippen LogP contribution in [0.25, 0.3) is 12.2 Å². The smallest absolute Gasteiger partial charge is 0.247 e. The van der Waals surface area contributed by atoms with E-state index in [1.807, 2.05) is 29.7 Å². The first-order valence-electron chi connectivity index (χ1n) is 7.12. The fourth-order valence-electron chi connectivity index (χ4n) is 2.67. The van der Waals surface area contributed by atoms with Crippen LogP contribution in [0.3, 0.4) is 0 Å². The third-order valence-electron chi connectivity index (χ3n) is 3.76. The summed E-state index contributed by atoms with van der Waals surface area (Å²) < 4.78 is 1.49. The Kier molecular flexibility index (Phi) is 4.11. The Morgan fingerprint density at radius 2 is 2.20 bits per heavy atom. The molecule has 0 N–H and O–H groups in total. The maximum Gasteiger partial charge on any atom is 0.247 e. The molecule has 0 unspecified atom stereocenters. The largest absolute Gasteiger partial charge is 0.273 e. The number of carbonyl (C=O) groups excluding carboxylic acids is 1. The second-order valence-corrected chi connectivity index (χ2v) is 6.26. The molecule has 4 heteroatoms. The zero-order chi connectivity index (χ0) is 13.8. The summed E-state index contributed by atoms with van der Waals surface area (Å²) in [5.74, 6) is 0.685. The summed E-state index contributed by atoms with van der Waals surface area (Å²) in [4.78, 5) is 13.3. The molecule has 1 saturated carbocycles. The quantitative estimate of drug-likeness (QED) is 0.838.